The first-order valence-corrected chi connectivity index (χ1v) is 9.89. The van der Waals surface area contributed by atoms with Crippen molar-refractivity contribution in [2.24, 2.45) is 5.92 Å². The van der Waals surface area contributed by atoms with Crippen LogP contribution in [0.5, 0.6) is 0 Å². The minimum absolute atomic E-state index is 0.0847. The summed E-state index contributed by atoms with van der Waals surface area (Å²) in [5, 5.41) is 11.4. The van der Waals surface area contributed by atoms with Crippen molar-refractivity contribution in [2.45, 2.75) is 38.1 Å². The number of carbonyl (C=O) groups excluding carboxylic acids is 1. The molecule has 2 aliphatic rings. The van der Waals surface area contributed by atoms with Crippen LogP contribution in [0.2, 0.25) is 0 Å². The molecule has 1 saturated heterocycles. The number of rotatable bonds is 4. The van der Waals surface area contributed by atoms with Gasteiger partial charge < -0.3 is 14.9 Å². The lowest BCUT2D eigenvalue weighted by Gasteiger charge is -2.41. The van der Waals surface area contributed by atoms with Gasteiger partial charge in [0.1, 0.15) is 0 Å². The predicted molar refractivity (Wildman–Crippen MR) is 105 cm³/mol. The van der Waals surface area contributed by atoms with E-state index < -0.39 is 6.09 Å². The van der Waals surface area contributed by atoms with Crippen molar-refractivity contribution >= 4 is 22.8 Å². The van der Waals surface area contributed by atoms with Crippen molar-refractivity contribution in [3.05, 3.63) is 48.0 Å². The van der Waals surface area contributed by atoms with Gasteiger partial charge in [-0.15, -0.1) is 0 Å². The Kier molecular flexibility index (Phi) is 5.01. The smallest absolute Gasteiger partial charge is 0.407 e. The van der Waals surface area contributed by atoms with Gasteiger partial charge in [0.05, 0.1) is 0 Å². The van der Waals surface area contributed by atoms with Gasteiger partial charge in [0.2, 0.25) is 0 Å². The summed E-state index contributed by atoms with van der Waals surface area (Å²) in [7, 11) is 0. The summed E-state index contributed by atoms with van der Waals surface area (Å²) in [6.45, 7) is 1.81. The molecule has 27 heavy (non-hydrogen) atoms. The zero-order valence-electron chi connectivity index (χ0n) is 15.5. The molecule has 2 amide bonds. The van der Waals surface area contributed by atoms with E-state index in [1.54, 1.807) is 0 Å². The number of nitrogens with zero attached hydrogens (tertiary/aromatic N) is 2. The van der Waals surface area contributed by atoms with E-state index in [1.165, 1.54) is 24.2 Å². The van der Waals surface area contributed by atoms with Crippen LogP contribution < -0.4 is 0 Å². The Hall–Kier alpha value is -2.56. The van der Waals surface area contributed by atoms with Crippen LogP contribution in [0.4, 0.5) is 4.79 Å². The zero-order valence-corrected chi connectivity index (χ0v) is 15.5. The number of carbonyl (C=O) groups is 2. The summed E-state index contributed by atoms with van der Waals surface area (Å²) >= 11 is 0. The Morgan fingerprint density at radius 2 is 1.70 bits per heavy atom. The molecule has 5 nitrogen and oxygen atoms in total. The molecule has 0 aromatic heterocycles. The molecule has 2 aromatic carbocycles. The number of likely N-dealkylation sites (tertiary alicyclic amines) is 1. The third-order valence-electron chi connectivity index (χ3n) is 6.11. The van der Waals surface area contributed by atoms with Gasteiger partial charge in [0, 0.05) is 31.2 Å². The summed E-state index contributed by atoms with van der Waals surface area (Å²) in [6.07, 6.45) is 4.21. The maximum atomic E-state index is 13.4. The number of hydrogen-bond acceptors (Lipinski definition) is 2. The molecule has 0 spiro atoms. The van der Waals surface area contributed by atoms with E-state index in [0.29, 0.717) is 19.0 Å². The van der Waals surface area contributed by atoms with Crippen LogP contribution in [0.15, 0.2) is 42.5 Å². The van der Waals surface area contributed by atoms with Crippen molar-refractivity contribution in [3.8, 4) is 0 Å². The van der Waals surface area contributed by atoms with E-state index in [0.717, 1.165) is 35.7 Å². The maximum absolute atomic E-state index is 13.4. The minimum atomic E-state index is -0.861. The van der Waals surface area contributed by atoms with E-state index >= 15 is 0 Å². The average Bonchev–Trinajstić information content (AvgIpc) is 2.66. The van der Waals surface area contributed by atoms with Crippen molar-refractivity contribution < 1.29 is 14.7 Å². The van der Waals surface area contributed by atoms with E-state index in [9.17, 15) is 14.7 Å². The molecular formula is C22H26N2O3. The second kappa shape index (κ2) is 7.59. The first kappa shape index (κ1) is 17.8. The third kappa shape index (κ3) is 3.77. The fourth-order valence-electron chi connectivity index (χ4n) is 4.21. The lowest BCUT2D eigenvalue weighted by molar-refractivity contribution is 0.0480. The van der Waals surface area contributed by atoms with Gasteiger partial charge in [0.25, 0.3) is 5.91 Å². The predicted octanol–water partition coefficient (Wildman–Crippen LogP) is 4.22. The highest BCUT2D eigenvalue weighted by Gasteiger charge is 2.32. The summed E-state index contributed by atoms with van der Waals surface area (Å²) in [5.41, 5.74) is 0.730. The molecule has 2 aromatic rings. The standard InChI is InChI=1S/C22H26N2O3/c25-21(19-9-8-17-6-1-2-7-18(17)14-19)24(15-16-4-3-5-16)20-10-12-23(13-11-20)22(26)27/h1-2,6-9,14,16,20H,3-5,10-13,15H2,(H,26,27). The summed E-state index contributed by atoms with van der Waals surface area (Å²) in [5.74, 6) is 0.674. The fourth-order valence-corrected chi connectivity index (χ4v) is 4.21. The Morgan fingerprint density at radius 3 is 2.33 bits per heavy atom. The third-order valence-corrected chi connectivity index (χ3v) is 6.11. The van der Waals surface area contributed by atoms with Gasteiger partial charge in [-0.05, 0) is 54.5 Å². The van der Waals surface area contributed by atoms with Crippen LogP contribution in [-0.2, 0) is 0 Å². The van der Waals surface area contributed by atoms with Gasteiger partial charge >= 0.3 is 6.09 Å². The Bertz CT molecular complexity index is 838. The Labute approximate surface area is 159 Å². The van der Waals surface area contributed by atoms with Crippen molar-refractivity contribution in [2.75, 3.05) is 19.6 Å². The number of fused-ring (bicyclic) bond motifs is 1. The lowest BCUT2D eigenvalue weighted by atomic mass is 9.84. The molecule has 0 bridgehead atoms. The topological polar surface area (TPSA) is 60.9 Å². The molecule has 4 rings (SSSR count). The summed E-state index contributed by atoms with van der Waals surface area (Å²) in [4.78, 5) is 28.1. The number of amides is 2. The van der Waals surface area contributed by atoms with Crippen LogP contribution >= 0.6 is 0 Å². The molecule has 1 aliphatic carbocycles. The molecule has 2 fully saturated rings. The first-order valence-electron chi connectivity index (χ1n) is 9.89. The first-order chi connectivity index (χ1) is 13.1. The van der Waals surface area contributed by atoms with E-state index in [-0.39, 0.29) is 11.9 Å². The zero-order chi connectivity index (χ0) is 18.8. The van der Waals surface area contributed by atoms with Gasteiger partial charge in [-0.25, -0.2) is 4.79 Å². The normalized spacial score (nSPS) is 18.3. The van der Waals surface area contributed by atoms with Gasteiger partial charge in [-0.3, -0.25) is 4.79 Å². The van der Waals surface area contributed by atoms with Crippen molar-refractivity contribution in [1.29, 1.82) is 0 Å². The quantitative estimate of drug-likeness (QED) is 0.881. The summed E-state index contributed by atoms with van der Waals surface area (Å²) < 4.78 is 0. The Balaban J connectivity index is 1.55. The Morgan fingerprint density at radius 1 is 1.00 bits per heavy atom. The highest BCUT2D eigenvalue weighted by molar-refractivity contribution is 5.98. The molecule has 1 heterocycles. The van der Waals surface area contributed by atoms with Gasteiger partial charge in [-0.1, -0.05) is 36.8 Å². The van der Waals surface area contributed by atoms with Gasteiger partial charge in [-0.2, -0.15) is 0 Å². The lowest BCUT2D eigenvalue weighted by Crippen LogP contribution is -2.50. The van der Waals surface area contributed by atoms with Gasteiger partial charge in [0.15, 0.2) is 0 Å². The molecular weight excluding hydrogens is 340 g/mol. The van der Waals surface area contributed by atoms with E-state index in [1.807, 2.05) is 41.3 Å². The van der Waals surface area contributed by atoms with Crippen LogP contribution in [-0.4, -0.2) is 52.6 Å². The molecule has 1 N–H and O–H groups in total. The van der Waals surface area contributed by atoms with Crippen molar-refractivity contribution in [1.82, 2.24) is 9.80 Å². The monoisotopic (exact) mass is 366 g/mol. The van der Waals surface area contributed by atoms with Crippen LogP contribution in [0, 0.1) is 5.92 Å². The molecule has 0 atom stereocenters. The molecule has 1 aliphatic heterocycles. The minimum Gasteiger partial charge on any atom is -0.465 e. The summed E-state index contributed by atoms with van der Waals surface area (Å²) in [6, 6.07) is 14.1. The van der Waals surface area contributed by atoms with Crippen LogP contribution in [0.3, 0.4) is 0 Å². The molecule has 0 unspecified atom stereocenters. The fraction of sp³-hybridized carbons (Fsp3) is 0.455. The number of carboxylic acid groups (broad SMARTS) is 1. The number of benzene rings is 2. The molecule has 0 radical (unpaired) electrons. The second-order valence-electron chi connectivity index (χ2n) is 7.82. The van der Waals surface area contributed by atoms with Crippen LogP contribution in [0.1, 0.15) is 42.5 Å². The molecule has 5 heteroatoms. The van der Waals surface area contributed by atoms with Crippen LogP contribution in [0.25, 0.3) is 10.8 Å². The SMILES string of the molecule is O=C(O)N1CCC(N(CC2CCC2)C(=O)c2ccc3ccccc3c2)CC1. The maximum Gasteiger partial charge on any atom is 0.407 e. The number of hydrogen-bond donors (Lipinski definition) is 1. The van der Waals surface area contributed by atoms with E-state index in [4.69, 9.17) is 0 Å². The largest absolute Gasteiger partial charge is 0.465 e. The van der Waals surface area contributed by atoms with E-state index in [2.05, 4.69) is 6.07 Å². The highest BCUT2D eigenvalue weighted by Crippen LogP contribution is 2.30. The molecule has 142 valence electrons. The second-order valence-corrected chi connectivity index (χ2v) is 7.82. The molecule has 1 saturated carbocycles. The highest BCUT2D eigenvalue weighted by atomic mass is 16.4. The average molecular weight is 366 g/mol. The number of piperidine rings is 1. The van der Waals surface area contributed by atoms with Crippen molar-refractivity contribution in [3.63, 3.8) is 0 Å².